The van der Waals surface area contributed by atoms with Crippen LogP contribution in [0.5, 0.6) is 0 Å². The van der Waals surface area contributed by atoms with Gasteiger partial charge < -0.3 is 15.4 Å². The van der Waals surface area contributed by atoms with Gasteiger partial charge in [-0.2, -0.15) is 0 Å². The number of nitrogens with one attached hydrogen (secondary N) is 2. The van der Waals surface area contributed by atoms with Gasteiger partial charge in [-0.25, -0.2) is 0 Å². The minimum Gasteiger partial charge on any atom is -0.377 e. The van der Waals surface area contributed by atoms with E-state index in [-0.39, 0.29) is 11.5 Å². The molecule has 86 valence electrons. The third-order valence-electron chi connectivity index (χ3n) is 3.62. The normalized spacial score (nSPS) is 28.6. The van der Waals surface area contributed by atoms with Crippen LogP contribution < -0.4 is 10.6 Å². The maximum absolute atomic E-state index is 11.0. The molecule has 0 aromatic rings. The molecule has 0 spiro atoms. The number of hydrogen-bond acceptors (Lipinski definition) is 3. The molecular formula is C11H20N2O2. The lowest BCUT2D eigenvalue weighted by atomic mass is 9.80. The van der Waals surface area contributed by atoms with Crippen molar-refractivity contribution in [3.05, 3.63) is 0 Å². The van der Waals surface area contributed by atoms with Crippen LogP contribution in [-0.2, 0) is 9.53 Å². The summed E-state index contributed by atoms with van der Waals surface area (Å²) in [5, 5.41) is 6.35. The Labute approximate surface area is 90.8 Å². The molecule has 2 rings (SSSR count). The lowest BCUT2D eigenvalue weighted by Gasteiger charge is -2.40. The third-order valence-corrected chi connectivity index (χ3v) is 3.62. The van der Waals surface area contributed by atoms with Crippen molar-refractivity contribution in [3.63, 3.8) is 0 Å². The second-order valence-electron chi connectivity index (χ2n) is 4.67. The summed E-state index contributed by atoms with van der Waals surface area (Å²) < 4.78 is 5.51. The summed E-state index contributed by atoms with van der Waals surface area (Å²) in [6.07, 6.45) is 5.24. The molecule has 1 aliphatic heterocycles. The average Bonchev–Trinajstić information content (AvgIpc) is 2.56. The van der Waals surface area contributed by atoms with Crippen molar-refractivity contribution in [3.8, 4) is 0 Å². The first-order valence-electron chi connectivity index (χ1n) is 5.79. The van der Waals surface area contributed by atoms with Crippen LogP contribution in [0.3, 0.4) is 0 Å². The third kappa shape index (κ3) is 2.49. The number of rotatable bonds is 5. The van der Waals surface area contributed by atoms with E-state index < -0.39 is 0 Å². The molecule has 2 fully saturated rings. The van der Waals surface area contributed by atoms with Gasteiger partial charge >= 0.3 is 0 Å². The fourth-order valence-corrected chi connectivity index (χ4v) is 2.33. The second-order valence-corrected chi connectivity index (χ2v) is 4.67. The Balaban J connectivity index is 1.64. The molecule has 1 heterocycles. The zero-order valence-electron chi connectivity index (χ0n) is 9.34. The molecule has 0 aromatic heterocycles. The molecule has 1 aliphatic carbocycles. The Bertz CT molecular complexity index is 233. The number of ether oxygens (including phenoxy) is 1. The lowest BCUT2D eigenvalue weighted by Crippen LogP contribution is -2.50. The summed E-state index contributed by atoms with van der Waals surface area (Å²) in [7, 11) is 1.79. The van der Waals surface area contributed by atoms with E-state index in [0.29, 0.717) is 12.5 Å². The molecule has 2 aliphatic rings. The van der Waals surface area contributed by atoms with Crippen molar-refractivity contribution >= 4 is 5.91 Å². The van der Waals surface area contributed by atoms with E-state index in [1.165, 1.54) is 6.42 Å². The van der Waals surface area contributed by atoms with Crippen LogP contribution in [0.4, 0.5) is 0 Å². The first-order valence-corrected chi connectivity index (χ1v) is 5.79. The standard InChI is InChI=1S/C11H20N2O2/c1-15-11(5-2-6-11)8-12-7-9-3-4-10(14)13-9/h9,12H,2-8H2,1H3,(H,13,14). The fraction of sp³-hybridized carbons (Fsp3) is 0.909. The van der Waals surface area contributed by atoms with Crippen LogP contribution in [0.25, 0.3) is 0 Å². The molecule has 4 nitrogen and oxygen atoms in total. The maximum atomic E-state index is 11.0. The summed E-state index contributed by atoms with van der Waals surface area (Å²) in [6.45, 7) is 1.78. The van der Waals surface area contributed by atoms with E-state index in [0.717, 1.165) is 32.4 Å². The molecule has 1 unspecified atom stereocenters. The predicted octanol–water partition coefficient (Wildman–Crippen LogP) is 0.424. The van der Waals surface area contributed by atoms with Gasteiger partial charge in [-0.05, 0) is 25.7 Å². The SMILES string of the molecule is COC1(CNCC2CCC(=O)N2)CCC1. The van der Waals surface area contributed by atoms with Crippen LogP contribution in [0.15, 0.2) is 0 Å². The smallest absolute Gasteiger partial charge is 0.220 e. The van der Waals surface area contributed by atoms with Crippen molar-refractivity contribution in [2.24, 2.45) is 0 Å². The molecule has 4 heteroatoms. The van der Waals surface area contributed by atoms with E-state index in [1.54, 1.807) is 7.11 Å². The largest absolute Gasteiger partial charge is 0.377 e. The van der Waals surface area contributed by atoms with Crippen molar-refractivity contribution in [1.29, 1.82) is 0 Å². The quantitative estimate of drug-likeness (QED) is 0.694. The van der Waals surface area contributed by atoms with Crippen LogP contribution in [-0.4, -0.2) is 37.7 Å². The first-order chi connectivity index (χ1) is 7.24. The van der Waals surface area contributed by atoms with Gasteiger partial charge in [0.2, 0.25) is 5.91 Å². The molecule has 1 saturated carbocycles. The summed E-state index contributed by atoms with van der Waals surface area (Å²) in [5.74, 6) is 0.187. The highest BCUT2D eigenvalue weighted by Gasteiger charge is 2.36. The Morgan fingerprint density at radius 1 is 1.60 bits per heavy atom. The zero-order valence-corrected chi connectivity index (χ0v) is 9.34. The summed E-state index contributed by atoms with van der Waals surface area (Å²) in [6, 6.07) is 0.325. The maximum Gasteiger partial charge on any atom is 0.220 e. The van der Waals surface area contributed by atoms with Gasteiger partial charge in [0, 0.05) is 32.7 Å². The summed E-state index contributed by atoms with van der Waals surface area (Å²) in [4.78, 5) is 11.0. The minimum absolute atomic E-state index is 0.0859. The molecule has 2 N–H and O–H groups in total. The highest BCUT2D eigenvalue weighted by atomic mass is 16.5. The van der Waals surface area contributed by atoms with Gasteiger partial charge in [0.25, 0.3) is 0 Å². The molecule has 0 radical (unpaired) electrons. The van der Waals surface area contributed by atoms with Crippen molar-refractivity contribution in [1.82, 2.24) is 10.6 Å². The Kier molecular flexibility index (Phi) is 3.26. The summed E-state index contributed by atoms with van der Waals surface area (Å²) in [5.41, 5.74) is 0.0859. The number of carbonyl (C=O) groups excluding carboxylic acids is 1. The van der Waals surface area contributed by atoms with Crippen LogP contribution in [0.2, 0.25) is 0 Å². The van der Waals surface area contributed by atoms with Crippen LogP contribution in [0, 0.1) is 0 Å². The lowest BCUT2D eigenvalue weighted by molar-refractivity contribution is -0.119. The highest BCUT2D eigenvalue weighted by molar-refractivity contribution is 5.78. The van der Waals surface area contributed by atoms with E-state index in [1.807, 2.05) is 0 Å². The number of amides is 1. The van der Waals surface area contributed by atoms with Crippen molar-refractivity contribution in [2.45, 2.75) is 43.7 Å². The summed E-state index contributed by atoms with van der Waals surface area (Å²) >= 11 is 0. The van der Waals surface area contributed by atoms with Gasteiger partial charge in [-0.3, -0.25) is 4.79 Å². The van der Waals surface area contributed by atoms with Crippen molar-refractivity contribution in [2.75, 3.05) is 20.2 Å². The number of methoxy groups -OCH3 is 1. The van der Waals surface area contributed by atoms with E-state index in [2.05, 4.69) is 10.6 Å². The Morgan fingerprint density at radius 3 is 2.87 bits per heavy atom. The van der Waals surface area contributed by atoms with Crippen molar-refractivity contribution < 1.29 is 9.53 Å². The number of hydrogen-bond donors (Lipinski definition) is 2. The predicted molar refractivity (Wildman–Crippen MR) is 57.6 cm³/mol. The van der Waals surface area contributed by atoms with Gasteiger partial charge in [0.15, 0.2) is 0 Å². The second kappa shape index (κ2) is 4.49. The van der Waals surface area contributed by atoms with E-state index >= 15 is 0 Å². The zero-order chi connectivity index (χ0) is 10.7. The topological polar surface area (TPSA) is 50.4 Å². The van der Waals surface area contributed by atoms with E-state index in [4.69, 9.17) is 4.74 Å². The fourth-order valence-electron chi connectivity index (χ4n) is 2.33. The van der Waals surface area contributed by atoms with E-state index in [9.17, 15) is 4.79 Å². The van der Waals surface area contributed by atoms with Crippen LogP contribution in [0.1, 0.15) is 32.1 Å². The van der Waals surface area contributed by atoms with Gasteiger partial charge in [-0.15, -0.1) is 0 Å². The van der Waals surface area contributed by atoms with Gasteiger partial charge in [0.1, 0.15) is 0 Å². The highest BCUT2D eigenvalue weighted by Crippen LogP contribution is 2.34. The van der Waals surface area contributed by atoms with Gasteiger partial charge in [-0.1, -0.05) is 0 Å². The molecule has 1 amide bonds. The monoisotopic (exact) mass is 212 g/mol. The minimum atomic E-state index is 0.0859. The van der Waals surface area contributed by atoms with Gasteiger partial charge in [0.05, 0.1) is 5.60 Å². The Morgan fingerprint density at radius 2 is 2.40 bits per heavy atom. The molecule has 0 bridgehead atoms. The molecule has 1 saturated heterocycles. The average molecular weight is 212 g/mol. The Hall–Kier alpha value is -0.610. The number of carbonyl (C=O) groups is 1. The first kappa shape index (κ1) is 10.9. The molecule has 0 aromatic carbocycles. The van der Waals surface area contributed by atoms with Crippen LogP contribution >= 0.6 is 0 Å². The molecule has 15 heavy (non-hydrogen) atoms. The molecular weight excluding hydrogens is 192 g/mol. The molecule has 1 atom stereocenters.